The molecule has 1 atom stereocenters. The van der Waals surface area contributed by atoms with Gasteiger partial charge in [-0.1, -0.05) is 0 Å². The SMILES string of the molecule is C[Si](C)(C)C(Cc1ccccc1)[P+]1([Se-])Oc2ccc3ccccc3c2-c2c(ccc3ccccc23)O1. The maximum absolute atomic E-state index is 7.11. The van der Waals surface area contributed by atoms with Gasteiger partial charge < -0.3 is 0 Å². The van der Waals surface area contributed by atoms with Crippen molar-refractivity contribution in [3.63, 3.8) is 0 Å². The first kappa shape index (κ1) is 23.8. The molecule has 0 N–H and O–H groups in total. The first-order valence-electron chi connectivity index (χ1n) is 12.4. The minimum atomic E-state index is -2.49. The first-order chi connectivity index (χ1) is 17.3. The molecular weight excluding hydrogens is 542 g/mol. The molecule has 180 valence electrons. The van der Waals surface area contributed by atoms with Crippen molar-refractivity contribution < 1.29 is 9.05 Å². The van der Waals surface area contributed by atoms with Gasteiger partial charge >= 0.3 is 223 Å². The third-order valence-corrected chi connectivity index (χ3v) is 18.3. The van der Waals surface area contributed by atoms with Gasteiger partial charge in [0.2, 0.25) is 0 Å². The Kier molecular flexibility index (Phi) is 5.97. The van der Waals surface area contributed by atoms with E-state index in [1.165, 1.54) is 27.1 Å². The number of benzene rings is 5. The van der Waals surface area contributed by atoms with E-state index in [2.05, 4.69) is 138 Å². The summed E-state index contributed by atoms with van der Waals surface area (Å²) in [7, 11) is -1.73. The second-order valence-corrected chi connectivity index (χ2v) is 21.8. The molecule has 5 aromatic carbocycles. The van der Waals surface area contributed by atoms with Crippen LogP contribution < -0.4 is 9.05 Å². The number of hydrogen-bond acceptors (Lipinski definition) is 2. The minimum absolute atomic E-state index is 0.282. The van der Waals surface area contributed by atoms with Crippen LogP contribution in [0.1, 0.15) is 5.56 Å². The molecule has 1 aliphatic rings. The molecule has 0 radical (unpaired) electrons. The molecule has 0 amide bonds. The Morgan fingerprint density at radius 3 is 1.61 bits per heavy atom. The van der Waals surface area contributed by atoms with Gasteiger partial charge in [0.1, 0.15) is 0 Å². The predicted molar refractivity (Wildman–Crippen MR) is 158 cm³/mol. The summed E-state index contributed by atoms with van der Waals surface area (Å²) in [4.78, 5) is 0. The van der Waals surface area contributed by atoms with E-state index in [0.29, 0.717) is 0 Å². The van der Waals surface area contributed by atoms with E-state index in [9.17, 15) is 0 Å². The van der Waals surface area contributed by atoms with Crippen LogP contribution in [0, 0.1) is 0 Å². The molecule has 0 fully saturated rings. The van der Waals surface area contributed by atoms with Crippen molar-refractivity contribution in [1.82, 2.24) is 0 Å². The topological polar surface area (TPSA) is 18.5 Å². The zero-order valence-electron chi connectivity index (χ0n) is 20.8. The van der Waals surface area contributed by atoms with Gasteiger partial charge in [0.15, 0.2) is 0 Å². The van der Waals surface area contributed by atoms with E-state index in [-0.39, 0.29) is 5.28 Å². The summed E-state index contributed by atoms with van der Waals surface area (Å²) in [6.07, 6.45) is -1.55. The van der Waals surface area contributed by atoms with E-state index in [1.807, 2.05) is 0 Å². The fourth-order valence-electron chi connectivity index (χ4n) is 5.32. The average Bonchev–Trinajstić information content (AvgIpc) is 3.01. The summed E-state index contributed by atoms with van der Waals surface area (Å²) in [6, 6.07) is 36.6. The fourth-order valence-corrected chi connectivity index (χ4v) is 19.3. The van der Waals surface area contributed by atoms with Crippen LogP contribution in [0.4, 0.5) is 0 Å². The van der Waals surface area contributed by atoms with Crippen molar-refractivity contribution in [2.24, 2.45) is 0 Å². The third-order valence-electron chi connectivity index (χ3n) is 7.14. The van der Waals surface area contributed by atoms with Gasteiger partial charge in [0.05, 0.1) is 0 Å². The third kappa shape index (κ3) is 4.17. The Morgan fingerprint density at radius 2 is 1.11 bits per heavy atom. The van der Waals surface area contributed by atoms with Crippen molar-refractivity contribution >= 4 is 51.6 Å². The summed E-state index contributed by atoms with van der Waals surface area (Å²) in [5, 5.41) is 5.07. The van der Waals surface area contributed by atoms with Gasteiger partial charge in [-0.3, -0.25) is 0 Å². The Balaban J connectivity index is 1.62. The van der Waals surface area contributed by atoms with Crippen molar-refractivity contribution in [3.8, 4) is 22.6 Å². The normalized spacial score (nSPS) is 15.3. The first-order valence-corrected chi connectivity index (χ1v) is 19.9. The van der Waals surface area contributed by atoms with E-state index < -0.39 is 14.5 Å². The van der Waals surface area contributed by atoms with E-state index in [0.717, 1.165) is 29.0 Å². The molecule has 0 spiro atoms. The zero-order valence-corrected chi connectivity index (χ0v) is 24.4. The fraction of sp³-hybridized carbons (Fsp3) is 0.161. The summed E-state index contributed by atoms with van der Waals surface area (Å²) in [5.41, 5.74) is 3.59. The summed E-state index contributed by atoms with van der Waals surface area (Å²) >= 11 is 3.54. The molecule has 5 heteroatoms. The Hall–Kier alpha value is -2.61. The van der Waals surface area contributed by atoms with Crippen LogP contribution in [-0.2, 0) is 6.42 Å². The quantitative estimate of drug-likeness (QED) is 0.159. The predicted octanol–water partition coefficient (Wildman–Crippen LogP) is 8.85. The number of hydrogen-bond donors (Lipinski definition) is 0. The second kappa shape index (κ2) is 9.05. The van der Waals surface area contributed by atoms with Gasteiger partial charge in [0, 0.05) is 0 Å². The molecule has 1 aliphatic heterocycles. The van der Waals surface area contributed by atoms with Crippen molar-refractivity contribution in [2.75, 3.05) is 0 Å². The molecule has 1 heterocycles. The summed E-state index contributed by atoms with van der Waals surface area (Å²) in [6.45, 7) is 7.29. The number of fused-ring (bicyclic) bond motifs is 7. The summed E-state index contributed by atoms with van der Waals surface area (Å²) in [5.74, 6) is 1.82. The van der Waals surface area contributed by atoms with Crippen molar-refractivity contribution in [3.05, 3.63) is 109 Å². The molecule has 1 unspecified atom stereocenters. The molecule has 5 aromatic rings. The molecule has 0 aromatic heterocycles. The van der Waals surface area contributed by atoms with Gasteiger partial charge in [-0.25, -0.2) is 0 Å². The van der Waals surface area contributed by atoms with Crippen LogP contribution >= 0.6 is 6.41 Å². The molecule has 0 bridgehead atoms. The van der Waals surface area contributed by atoms with E-state index in [4.69, 9.17) is 9.05 Å². The molecule has 2 nitrogen and oxygen atoms in total. The van der Waals surface area contributed by atoms with E-state index in [1.54, 1.807) is 0 Å². The maximum atomic E-state index is 7.11. The monoisotopic (exact) mass is 572 g/mol. The number of rotatable bonds is 4. The van der Waals surface area contributed by atoms with Gasteiger partial charge in [0.25, 0.3) is 0 Å². The Morgan fingerprint density at radius 1 is 0.639 bits per heavy atom. The van der Waals surface area contributed by atoms with Gasteiger partial charge in [-0.2, -0.15) is 0 Å². The molecule has 6 rings (SSSR count). The van der Waals surface area contributed by atoms with Crippen LogP contribution in [0.5, 0.6) is 11.5 Å². The van der Waals surface area contributed by atoms with Crippen LogP contribution in [0.15, 0.2) is 103 Å². The van der Waals surface area contributed by atoms with Gasteiger partial charge in [-0.15, -0.1) is 0 Å². The molecular formula is C31H29O2PSeSi. The average molecular weight is 572 g/mol. The Labute approximate surface area is 222 Å². The van der Waals surface area contributed by atoms with Crippen LogP contribution in [0.25, 0.3) is 32.7 Å². The van der Waals surface area contributed by atoms with E-state index >= 15 is 0 Å². The Bertz CT molecular complexity index is 1490. The van der Waals surface area contributed by atoms with Crippen LogP contribution in [0.2, 0.25) is 19.6 Å². The molecule has 36 heavy (non-hydrogen) atoms. The van der Waals surface area contributed by atoms with Crippen LogP contribution in [0.3, 0.4) is 0 Å². The van der Waals surface area contributed by atoms with Crippen molar-refractivity contribution in [1.29, 1.82) is 0 Å². The summed E-state index contributed by atoms with van der Waals surface area (Å²) < 4.78 is 14.2. The van der Waals surface area contributed by atoms with Gasteiger partial charge in [-0.05, 0) is 0 Å². The van der Waals surface area contributed by atoms with Crippen molar-refractivity contribution in [2.45, 2.75) is 31.3 Å². The zero-order chi connectivity index (χ0) is 24.9. The molecule has 0 saturated carbocycles. The standard InChI is InChI=1S/C31H29O2PSeSi/c1-36(2,3)29(21-22-11-5-4-6-12-22)34(35)32-27-19-17-23-13-7-9-15-25(23)30(27)31-26-16-10-8-14-24(26)18-20-28(31)33-34/h4-20,29H,21H2,1-3H3. The molecule has 0 aliphatic carbocycles. The van der Waals surface area contributed by atoms with Crippen LogP contribution in [-0.4, -0.2) is 28.9 Å². The second-order valence-electron chi connectivity index (χ2n) is 10.6. The molecule has 0 saturated heterocycles.